The Morgan fingerprint density at radius 2 is 2.17 bits per heavy atom. The lowest BCUT2D eigenvalue weighted by molar-refractivity contribution is 0.162. The van der Waals surface area contributed by atoms with Crippen molar-refractivity contribution in [3.05, 3.63) is 56.9 Å². The molecule has 0 radical (unpaired) electrons. The van der Waals surface area contributed by atoms with E-state index in [1.165, 1.54) is 0 Å². The molecule has 2 aromatic rings. The van der Waals surface area contributed by atoms with Crippen LogP contribution in [0.1, 0.15) is 23.1 Å². The zero-order chi connectivity index (χ0) is 13.1. The average molecular weight is 331 g/mol. The van der Waals surface area contributed by atoms with Gasteiger partial charge in [-0.3, -0.25) is 0 Å². The lowest BCUT2D eigenvalue weighted by Gasteiger charge is -2.10. The molecule has 1 unspecified atom stereocenters. The normalized spacial score (nSPS) is 12.7. The van der Waals surface area contributed by atoms with Crippen LogP contribution in [0.25, 0.3) is 0 Å². The zero-order valence-corrected chi connectivity index (χ0v) is 12.2. The molecule has 1 aromatic heterocycles. The van der Waals surface area contributed by atoms with Gasteiger partial charge < -0.3 is 14.9 Å². The molecule has 0 saturated heterocycles. The summed E-state index contributed by atoms with van der Waals surface area (Å²) in [5.41, 5.74) is 7.08. The molecule has 1 aromatic carbocycles. The van der Waals surface area contributed by atoms with Crippen molar-refractivity contribution in [2.24, 2.45) is 5.73 Å². The summed E-state index contributed by atoms with van der Waals surface area (Å²) in [6, 6.07) is 9.00. The Labute approximate surface area is 119 Å². The van der Waals surface area contributed by atoms with Gasteiger partial charge in [0.15, 0.2) is 0 Å². The molecule has 0 spiro atoms. The molecular weight excluding hydrogens is 318 g/mol. The molecule has 0 saturated carbocycles. The Morgan fingerprint density at radius 3 is 2.83 bits per heavy atom. The van der Waals surface area contributed by atoms with E-state index in [0.29, 0.717) is 17.4 Å². The first-order valence-electron chi connectivity index (χ1n) is 5.40. The number of halogens is 2. The van der Waals surface area contributed by atoms with Crippen molar-refractivity contribution in [2.75, 3.05) is 7.11 Å². The second kappa shape index (κ2) is 5.89. The predicted molar refractivity (Wildman–Crippen MR) is 74.6 cm³/mol. The third-order valence-corrected chi connectivity index (χ3v) is 3.79. The van der Waals surface area contributed by atoms with E-state index in [0.717, 1.165) is 15.8 Å². The molecule has 0 aliphatic rings. The van der Waals surface area contributed by atoms with Gasteiger partial charge in [-0.05, 0) is 45.8 Å². The maximum atomic E-state index is 6.15. The Bertz CT molecular complexity index is 542. The number of hydrogen-bond acceptors (Lipinski definition) is 3. The van der Waals surface area contributed by atoms with E-state index in [9.17, 15) is 0 Å². The van der Waals surface area contributed by atoms with E-state index in [1.54, 1.807) is 13.2 Å². The number of benzene rings is 1. The van der Waals surface area contributed by atoms with Gasteiger partial charge in [0, 0.05) is 11.6 Å². The predicted octanol–water partition coefficient (Wildman–Crippen LogP) is 3.89. The minimum Gasteiger partial charge on any atom is -0.462 e. The van der Waals surface area contributed by atoms with Gasteiger partial charge in [0.05, 0.1) is 11.1 Å². The number of rotatable bonds is 4. The van der Waals surface area contributed by atoms with Gasteiger partial charge in [-0.1, -0.05) is 17.7 Å². The quantitative estimate of drug-likeness (QED) is 0.925. The summed E-state index contributed by atoms with van der Waals surface area (Å²) >= 11 is 9.33. The molecule has 5 heteroatoms. The molecule has 2 rings (SSSR count). The molecular formula is C13H13BrClNO2. The summed E-state index contributed by atoms with van der Waals surface area (Å²) in [5.74, 6) is 1.47. The van der Waals surface area contributed by atoms with Crippen LogP contribution in [0.4, 0.5) is 0 Å². The topological polar surface area (TPSA) is 48.4 Å². The molecule has 0 aliphatic carbocycles. The van der Waals surface area contributed by atoms with Gasteiger partial charge >= 0.3 is 0 Å². The minimum atomic E-state index is -0.316. The van der Waals surface area contributed by atoms with Gasteiger partial charge in [0.25, 0.3) is 0 Å². The van der Waals surface area contributed by atoms with Crippen molar-refractivity contribution < 1.29 is 9.15 Å². The summed E-state index contributed by atoms with van der Waals surface area (Å²) in [6.45, 7) is 0.442. The minimum absolute atomic E-state index is 0.316. The molecule has 96 valence electrons. The zero-order valence-electron chi connectivity index (χ0n) is 9.82. The summed E-state index contributed by atoms with van der Waals surface area (Å²) in [6.07, 6.45) is 0. The maximum Gasteiger partial charge on any atom is 0.129 e. The SMILES string of the molecule is COCc1ccc(C(N)c2ccc(Cl)c(Br)c2)o1. The van der Waals surface area contributed by atoms with Crippen LogP contribution in [0.5, 0.6) is 0 Å². The number of hydrogen-bond donors (Lipinski definition) is 1. The second-order valence-electron chi connectivity index (χ2n) is 3.89. The number of methoxy groups -OCH3 is 1. The summed E-state index contributed by atoms with van der Waals surface area (Å²) in [7, 11) is 1.62. The highest BCUT2D eigenvalue weighted by Gasteiger charge is 2.14. The van der Waals surface area contributed by atoms with Crippen molar-refractivity contribution in [1.29, 1.82) is 0 Å². The Morgan fingerprint density at radius 1 is 1.39 bits per heavy atom. The van der Waals surface area contributed by atoms with E-state index in [1.807, 2.05) is 24.3 Å². The smallest absolute Gasteiger partial charge is 0.129 e. The van der Waals surface area contributed by atoms with Crippen molar-refractivity contribution in [3.63, 3.8) is 0 Å². The molecule has 0 fully saturated rings. The molecule has 1 atom stereocenters. The van der Waals surface area contributed by atoms with Crippen molar-refractivity contribution in [3.8, 4) is 0 Å². The van der Waals surface area contributed by atoms with Crippen LogP contribution in [0.15, 0.2) is 39.2 Å². The van der Waals surface area contributed by atoms with Crippen molar-refractivity contribution >= 4 is 27.5 Å². The molecule has 2 N–H and O–H groups in total. The van der Waals surface area contributed by atoms with Crippen LogP contribution in [-0.4, -0.2) is 7.11 Å². The first kappa shape index (κ1) is 13.6. The molecule has 1 heterocycles. The van der Waals surface area contributed by atoms with Gasteiger partial charge in [0.1, 0.15) is 18.1 Å². The van der Waals surface area contributed by atoms with Crippen molar-refractivity contribution in [2.45, 2.75) is 12.6 Å². The molecule has 18 heavy (non-hydrogen) atoms. The largest absolute Gasteiger partial charge is 0.462 e. The van der Waals surface area contributed by atoms with E-state index >= 15 is 0 Å². The van der Waals surface area contributed by atoms with Crippen LogP contribution >= 0.6 is 27.5 Å². The molecule has 0 bridgehead atoms. The second-order valence-corrected chi connectivity index (χ2v) is 5.15. The first-order valence-corrected chi connectivity index (χ1v) is 6.57. The summed E-state index contributed by atoms with van der Waals surface area (Å²) < 4.78 is 11.4. The standard InChI is InChI=1S/C13H13BrClNO2/c1-17-7-9-3-5-12(18-9)13(16)8-2-4-11(15)10(14)6-8/h2-6,13H,7,16H2,1H3. The molecule has 0 aliphatic heterocycles. The Balaban J connectivity index is 2.23. The van der Waals surface area contributed by atoms with E-state index in [4.69, 9.17) is 26.5 Å². The van der Waals surface area contributed by atoms with E-state index in [2.05, 4.69) is 15.9 Å². The van der Waals surface area contributed by atoms with Gasteiger partial charge in [-0.25, -0.2) is 0 Å². The highest BCUT2D eigenvalue weighted by Crippen LogP contribution is 2.28. The first-order chi connectivity index (χ1) is 8.61. The van der Waals surface area contributed by atoms with Crippen LogP contribution < -0.4 is 5.73 Å². The Hall–Kier alpha value is -0.810. The lowest BCUT2D eigenvalue weighted by Crippen LogP contribution is -2.10. The van der Waals surface area contributed by atoms with Crippen LogP contribution in [0.3, 0.4) is 0 Å². The van der Waals surface area contributed by atoms with Crippen LogP contribution in [0, 0.1) is 0 Å². The summed E-state index contributed by atoms with van der Waals surface area (Å²) in [5, 5.41) is 0.658. The van der Waals surface area contributed by atoms with E-state index < -0.39 is 0 Å². The van der Waals surface area contributed by atoms with Gasteiger partial charge in [-0.15, -0.1) is 0 Å². The number of ether oxygens (including phenoxy) is 1. The fraction of sp³-hybridized carbons (Fsp3) is 0.231. The van der Waals surface area contributed by atoms with E-state index in [-0.39, 0.29) is 6.04 Å². The van der Waals surface area contributed by atoms with Crippen molar-refractivity contribution in [1.82, 2.24) is 0 Å². The lowest BCUT2D eigenvalue weighted by atomic mass is 10.1. The highest BCUT2D eigenvalue weighted by molar-refractivity contribution is 9.10. The van der Waals surface area contributed by atoms with Crippen LogP contribution in [-0.2, 0) is 11.3 Å². The summed E-state index contributed by atoms with van der Waals surface area (Å²) in [4.78, 5) is 0. The van der Waals surface area contributed by atoms with Gasteiger partial charge in [-0.2, -0.15) is 0 Å². The molecule has 0 amide bonds. The fourth-order valence-electron chi connectivity index (χ4n) is 1.65. The Kier molecular flexibility index (Phi) is 4.45. The number of nitrogens with two attached hydrogens (primary N) is 1. The highest BCUT2D eigenvalue weighted by atomic mass is 79.9. The number of furan rings is 1. The molecule has 3 nitrogen and oxygen atoms in total. The van der Waals surface area contributed by atoms with Gasteiger partial charge in [0.2, 0.25) is 0 Å². The third kappa shape index (κ3) is 2.95. The monoisotopic (exact) mass is 329 g/mol. The van der Waals surface area contributed by atoms with Crippen LogP contribution in [0.2, 0.25) is 5.02 Å². The fourth-order valence-corrected chi connectivity index (χ4v) is 2.17. The average Bonchev–Trinajstić information content (AvgIpc) is 2.81. The maximum absolute atomic E-state index is 6.15. The third-order valence-electron chi connectivity index (χ3n) is 2.58.